The van der Waals surface area contributed by atoms with Crippen LogP contribution in [0.2, 0.25) is 0 Å². The molecule has 2 nitrogen and oxygen atoms in total. The first kappa shape index (κ1) is 16.4. The van der Waals surface area contributed by atoms with Crippen molar-refractivity contribution in [1.82, 2.24) is 4.90 Å². The average Bonchev–Trinajstić information content (AvgIpc) is 2.93. The maximum absolute atomic E-state index is 13.3. The Morgan fingerprint density at radius 1 is 1.29 bits per heavy atom. The summed E-state index contributed by atoms with van der Waals surface area (Å²) in [6.07, 6.45) is 3.59. The van der Waals surface area contributed by atoms with Gasteiger partial charge in [-0.3, -0.25) is 4.90 Å². The number of benzene rings is 1. The Balaban J connectivity index is 1.97. The molecule has 1 atom stereocenters. The minimum atomic E-state index is -0.786. The van der Waals surface area contributed by atoms with E-state index in [2.05, 4.69) is 18.7 Å². The third-order valence-corrected chi connectivity index (χ3v) is 3.90. The fraction of sp³-hybridized carbons (Fsp3) is 0.647. The highest BCUT2D eigenvalue weighted by molar-refractivity contribution is 5.17. The molecule has 21 heavy (non-hydrogen) atoms. The van der Waals surface area contributed by atoms with E-state index < -0.39 is 11.6 Å². The molecule has 1 aliphatic heterocycles. The third-order valence-electron chi connectivity index (χ3n) is 3.90. The Bertz CT molecular complexity index is 444. The molecule has 1 aromatic rings. The molecule has 1 aromatic carbocycles. The molecule has 0 saturated carbocycles. The fourth-order valence-electron chi connectivity index (χ4n) is 2.65. The van der Waals surface area contributed by atoms with Crippen molar-refractivity contribution in [3.63, 3.8) is 0 Å². The SMILES string of the molecule is CC(C)CCN(Cc1ccc(F)c(F)c1)CC1CCCO1. The lowest BCUT2D eigenvalue weighted by molar-refractivity contribution is 0.0689. The standard InChI is InChI=1S/C17H25F2NO/c1-13(2)7-8-20(12-15-4-3-9-21-15)11-14-5-6-16(18)17(19)10-14/h5-6,10,13,15H,3-4,7-9,11-12H2,1-2H3. The van der Waals surface area contributed by atoms with Gasteiger partial charge in [0.15, 0.2) is 11.6 Å². The van der Waals surface area contributed by atoms with Crippen LogP contribution >= 0.6 is 0 Å². The molecule has 0 spiro atoms. The second kappa shape index (κ2) is 7.85. The van der Waals surface area contributed by atoms with Gasteiger partial charge in [0, 0.05) is 19.7 Å². The van der Waals surface area contributed by atoms with E-state index in [-0.39, 0.29) is 6.10 Å². The van der Waals surface area contributed by atoms with Crippen LogP contribution in [0.1, 0.15) is 38.7 Å². The van der Waals surface area contributed by atoms with Crippen LogP contribution in [-0.2, 0) is 11.3 Å². The zero-order valence-electron chi connectivity index (χ0n) is 12.9. The van der Waals surface area contributed by atoms with E-state index in [1.807, 2.05) is 0 Å². The van der Waals surface area contributed by atoms with Crippen molar-refractivity contribution in [2.24, 2.45) is 5.92 Å². The smallest absolute Gasteiger partial charge is 0.159 e. The van der Waals surface area contributed by atoms with Crippen LogP contribution in [0.4, 0.5) is 8.78 Å². The molecule has 0 amide bonds. The Kier molecular flexibility index (Phi) is 6.12. The minimum absolute atomic E-state index is 0.280. The van der Waals surface area contributed by atoms with Crippen molar-refractivity contribution in [2.45, 2.75) is 45.8 Å². The lowest BCUT2D eigenvalue weighted by Crippen LogP contribution is -2.33. The van der Waals surface area contributed by atoms with Crippen LogP contribution in [0.25, 0.3) is 0 Å². The maximum Gasteiger partial charge on any atom is 0.159 e. The van der Waals surface area contributed by atoms with E-state index in [9.17, 15) is 8.78 Å². The Morgan fingerprint density at radius 2 is 2.10 bits per heavy atom. The quantitative estimate of drug-likeness (QED) is 0.754. The van der Waals surface area contributed by atoms with Crippen LogP contribution in [0.3, 0.4) is 0 Å². The first-order chi connectivity index (χ1) is 10.0. The fourth-order valence-corrected chi connectivity index (χ4v) is 2.65. The van der Waals surface area contributed by atoms with Gasteiger partial charge >= 0.3 is 0 Å². The third kappa shape index (κ3) is 5.36. The van der Waals surface area contributed by atoms with Gasteiger partial charge in [-0.15, -0.1) is 0 Å². The van der Waals surface area contributed by atoms with Crippen LogP contribution in [0.5, 0.6) is 0 Å². The van der Waals surface area contributed by atoms with Crippen molar-refractivity contribution in [3.8, 4) is 0 Å². The van der Waals surface area contributed by atoms with E-state index in [0.29, 0.717) is 12.5 Å². The van der Waals surface area contributed by atoms with Gasteiger partial charge in [0.25, 0.3) is 0 Å². The highest BCUT2D eigenvalue weighted by Crippen LogP contribution is 2.17. The van der Waals surface area contributed by atoms with Gasteiger partial charge in [-0.05, 0) is 49.4 Å². The van der Waals surface area contributed by atoms with Gasteiger partial charge in [-0.25, -0.2) is 8.78 Å². The van der Waals surface area contributed by atoms with Crippen LogP contribution in [0, 0.1) is 17.6 Å². The normalized spacial score (nSPS) is 18.9. The molecule has 1 aliphatic rings. The largest absolute Gasteiger partial charge is 0.377 e. The van der Waals surface area contributed by atoms with Crippen molar-refractivity contribution >= 4 is 0 Å². The van der Waals surface area contributed by atoms with E-state index in [1.54, 1.807) is 6.07 Å². The highest BCUT2D eigenvalue weighted by atomic mass is 19.2. The molecular weight excluding hydrogens is 272 g/mol. The number of ether oxygens (including phenoxy) is 1. The lowest BCUT2D eigenvalue weighted by Gasteiger charge is -2.26. The topological polar surface area (TPSA) is 12.5 Å². The first-order valence-corrected chi connectivity index (χ1v) is 7.82. The average molecular weight is 297 g/mol. The van der Waals surface area contributed by atoms with Gasteiger partial charge in [0.1, 0.15) is 0 Å². The van der Waals surface area contributed by atoms with Crippen molar-refractivity contribution in [1.29, 1.82) is 0 Å². The van der Waals surface area contributed by atoms with Crippen molar-refractivity contribution < 1.29 is 13.5 Å². The molecule has 4 heteroatoms. The van der Waals surface area contributed by atoms with Gasteiger partial charge < -0.3 is 4.74 Å². The summed E-state index contributed by atoms with van der Waals surface area (Å²) in [6, 6.07) is 4.17. The van der Waals surface area contributed by atoms with Gasteiger partial charge in [-0.1, -0.05) is 19.9 Å². The summed E-state index contributed by atoms with van der Waals surface area (Å²) < 4.78 is 32.0. The second-order valence-corrected chi connectivity index (χ2v) is 6.30. The maximum atomic E-state index is 13.3. The molecule has 0 bridgehead atoms. The molecule has 1 saturated heterocycles. The summed E-state index contributed by atoms with van der Waals surface area (Å²) in [5, 5.41) is 0. The summed E-state index contributed by atoms with van der Waals surface area (Å²) >= 11 is 0. The molecule has 0 aliphatic carbocycles. The predicted molar refractivity (Wildman–Crippen MR) is 80.1 cm³/mol. The van der Waals surface area contributed by atoms with Crippen molar-refractivity contribution in [3.05, 3.63) is 35.4 Å². The van der Waals surface area contributed by atoms with E-state index >= 15 is 0 Å². The summed E-state index contributed by atoms with van der Waals surface area (Å²) in [4.78, 5) is 2.29. The Morgan fingerprint density at radius 3 is 2.71 bits per heavy atom. The molecule has 0 radical (unpaired) electrons. The number of nitrogens with zero attached hydrogens (tertiary/aromatic N) is 1. The molecule has 1 unspecified atom stereocenters. The Hall–Kier alpha value is -1.00. The van der Waals surface area contributed by atoms with Crippen LogP contribution in [0.15, 0.2) is 18.2 Å². The van der Waals surface area contributed by atoms with Gasteiger partial charge in [-0.2, -0.15) is 0 Å². The van der Waals surface area contributed by atoms with Gasteiger partial charge in [0.2, 0.25) is 0 Å². The monoisotopic (exact) mass is 297 g/mol. The predicted octanol–water partition coefficient (Wildman–Crippen LogP) is 3.99. The number of hydrogen-bond acceptors (Lipinski definition) is 2. The Labute approximate surface area is 126 Å². The molecule has 1 heterocycles. The summed E-state index contributed by atoms with van der Waals surface area (Å²) in [6.45, 7) is 7.70. The van der Waals surface area contributed by atoms with E-state index in [1.165, 1.54) is 12.1 Å². The molecule has 118 valence electrons. The number of rotatable bonds is 7. The summed E-state index contributed by atoms with van der Waals surface area (Å²) in [5.41, 5.74) is 0.815. The number of hydrogen-bond donors (Lipinski definition) is 0. The van der Waals surface area contributed by atoms with Crippen molar-refractivity contribution in [2.75, 3.05) is 19.7 Å². The summed E-state index contributed by atoms with van der Waals surface area (Å²) in [7, 11) is 0. The zero-order valence-corrected chi connectivity index (χ0v) is 12.9. The van der Waals surface area contributed by atoms with Crippen LogP contribution < -0.4 is 0 Å². The molecule has 0 aromatic heterocycles. The molecule has 2 rings (SSSR count). The zero-order chi connectivity index (χ0) is 15.2. The van der Waals surface area contributed by atoms with Crippen LogP contribution in [-0.4, -0.2) is 30.7 Å². The van der Waals surface area contributed by atoms with E-state index in [0.717, 1.165) is 44.5 Å². The molecule has 0 N–H and O–H groups in total. The minimum Gasteiger partial charge on any atom is -0.377 e. The van der Waals surface area contributed by atoms with Gasteiger partial charge in [0.05, 0.1) is 6.10 Å². The molecule has 1 fully saturated rings. The summed E-state index contributed by atoms with van der Waals surface area (Å²) in [5.74, 6) is -0.929. The van der Waals surface area contributed by atoms with E-state index in [4.69, 9.17) is 4.74 Å². The lowest BCUT2D eigenvalue weighted by atomic mass is 10.1. The molecular formula is C17H25F2NO. The second-order valence-electron chi connectivity index (χ2n) is 6.30. The highest BCUT2D eigenvalue weighted by Gasteiger charge is 2.19. The number of halogens is 2. The first-order valence-electron chi connectivity index (χ1n) is 7.82.